The lowest BCUT2D eigenvalue weighted by Gasteiger charge is -2.35. The zero-order chi connectivity index (χ0) is 19.3. The number of hydrogen-bond donors (Lipinski definition) is 1. The van der Waals surface area contributed by atoms with Crippen molar-refractivity contribution in [2.75, 3.05) is 31.7 Å². The molecule has 1 fully saturated rings. The first-order valence-electron chi connectivity index (χ1n) is 10.1. The predicted molar refractivity (Wildman–Crippen MR) is 110 cm³/mol. The van der Waals surface area contributed by atoms with Crippen LogP contribution in [-0.4, -0.2) is 38.8 Å². The normalized spacial score (nSPS) is 19.5. The Morgan fingerprint density at radius 1 is 1.11 bits per heavy atom. The van der Waals surface area contributed by atoms with Crippen molar-refractivity contribution in [1.82, 2.24) is 5.32 Å². The third-order valence-corrected chi connectivity index (χ3v) is 5.80. The summed E-state index contributed by atoms with van der Waals surface area (Å²) in [5, 5.41) is 3.26. The van der Waals surface area contributed by atoms with Gasteiger partial charge in [-0.2, -0.15) is 0 Å². The fraction of sp³-hybridized carbons (Fsp3) is 0.435. The Morgan fingerprint density at radius 2 is 1.86 bits per heavy atom. The first-order chi connectivity index (χ1) is 13.7. The number of benzene rings is 2. The van der Waals surface area contributed by atoms with Crippen molar-refractivity contribution in [2.24, 2.45) is 0 Å². The number of amides is 1. The second-order valence-corrected chi connectivity index (χ2v) is 7.58. The first kappa shape index (κ1) is 18.7. The lowest BCUT2D eigenvalue weighted by atomic mass is 9.90. The van der Waals surface area contributed by atoms with Gasteiger partial charge in [-0.25, -0.2) is 0 Å². The first-order valence-corrected chi connectivity index (χ1v) is 10.1. The quantitative estimate of drug-likeness (QED) is 0.859. The van der Waals surface area contributed by atoms with Crippen molar-refractivity contribution >= 4 is 11.6 Å². The van der Waals surface area contributed by atoms with Gasteiger partial charge in [0.2, 0.25) is 5.91 Å². The number of ether oxygens (including phenoxy) is 2. The number of anilines is 1. The lowest BCUT2D eigenvalue weighted by Crippen LogP contribution is -2.45. The smallest absolute Gasteiger partial charge is 0.220 e. The maximum Gasteiger partial charge on any atom is 0.220 e. The Hall–Kier alpha value is -2.69. The van der Waals surface area contributed by atoms with Crippen LogP contribution in [-0.2, 0) is 4.79 Å². The highest BCUT2D eigenvalue weighted by Crippen LogP contribution is 2.35. The summed E-state index contributed by atoms with van der Waals surface area (Å²) < 4.78 is 11.2. The van der Waals surface area contributed by atoms with Gasteiger partial charge in [-0.1, -0.05) is 30.3 Å². The van der Waals surface area contributed by atoms with Crippen LogP contribution in [0.1, 0.15) is 37.2 Å². The highest BCUT2D eigenvalue weighted by atomic mass is 16.5. The topological polar surface area (TPSA) is 50.8 Å². The molecule has 1 unspecified atom stereocenters. The van der Waals surface area contributed by atoms with Gasteiger partial charge in [0, 0.05) is 25.6 Å². The van der Waals surface area contributed by atoms with E-state index in [-0.39, 0.29) is 17.9 Å². The molecule has 28 heavy (non-hydrogen) atoms. The van der Waals surface area contributed by atoms with Crippen LogP contribution in [0.2, 0.25) is 0 Å². The molecule has 0 saturated carbocycles. The molecule has 0 spiro atoms. The van der Waals surface area contributed by atoms with Gasteiger partial charge >= 0.3 is 0 Å². The molecule has 2 aromatic rings. The second kappa shape index (κ2) is 8.55. The average Bonchev–Trinajstić information content (AvgIpc) is 2.74. The Balaban J connectivity index is 1.30. The van der Waals surface area contributed by atoms with E-state index in [1.165, 1.54) is 0 Å². The molecule has 0 aliphatic carbocycles. The van der Waals surface area contributed by atoms with Gasteiger partial charge in [-0.15, -0.1) is 0 Å². The van der Waals surface area contributed by atoms with E-state index in [1.807, 2.05) is 36.4 Å². The lowest BCUT2D eigenvalue weighted by molar-refractivity contribution is -0.122. The van der Waals surface area contributed by atoms with Crippen LogP contribution < -0.4 is 19.7 Å². The number of methoxy groups -OCH3 is 1. The van der Waals surface area contributed by atoms with Crippen LogP contribution in [0.4, 0.5) is 5.69 Å². The van der Waals surface area contributed by atoms with E-state index in [4.69, 9.17) is 9.47 Å². The van der Waals surface area contributed by atoms with Crippen molar-refractivity contribution in [2.45, 2.75) is 37.6 Å². The molecular formula is C23H28N2O3. The molecule has 1 saturated heterocycles. The predicted octanol–water partition coefficient (Wildman–Crippen LogP) is 3.74. The summed E-state index contributed by atoms with van der Waals surface area (Å²) in [5.74, 6) is 2.23. The van der Waals surface area contributed by atoms with E-state index in [1.54, 1.807) is 7.11 Å². The molecule has 0 bridgehead atoms. The summed E-state index contributed by atoms with van der Waals surface area (Å²) >= 11 is 0. The number of nitrogens with one attached hydrogen (secondary N) is 1. The summed E-state index contributed by atoms with van der Waals surface area (Å²) in [7, 11) is 1.71. The number of hydrogen-bond acceptors (Lipinski definition) is 4. The molecule has 0 radical (unpaired) electrons. The fourth-order valence-corrected chi connectivity index (χ4v) is 4.29. The molecule has 2 aliphatic rings. The van der Waals surface area contributed by atoms with E-state index in [9.17, 15) is 4.79 Å². The summed E-state index contributed by atoms with van der Waals surface area (Å²) in [5.41, 5.74) is 2.29. The number of fused-ring (bicyclic) bond motifs is 1. The average molecular weight is 380 g/mol. The van der Waals surface area contributed by atoms with Crippen LogP contribution in [0.25, 0.3) is 0 Å². The monoisotopic (exact) mass is 380 g/mol. The number of piperidine rings is 1. The van der Waals surface area contributed by atoms with Crippen molar-refractivity contribution in [3.63, 3.8) is 0 Å². The van der Waals surface area contributed by atoms with Crippen LogP contribution in [0.5, 0.6) is 11.5 Å². The summed E-state index contributed by atoms with van der Waals surface area (Å²) in [6.07, 6.45) is 3.34. The van der Waals surface area contributed by atoms with Crippen LogP contribution in [0.3, 0.4) is 0 Å². The van der Waals surface area contributed by atoms with Gasteiger partial charge in [0.25, 0.3) is 0 Å². The third kappa shape index (κ3) is 4.08. The molecule has 5 nitrogen and oxygen atoms in total. The van der Waals surface area contributed by atoms with Gasteiger partial charge in [0.1, 0.15) is 11.5 Å². The van der Waals surface area contributed by atoms with E-state index >= 15 is 0 Å². The molecule has 1 N–H and O–H groups in total. The number of para-hydroxylation sites is 3. The standard InChI is InChI=1S/C23H28N2O3/c1-27-22-9-5-3-7-20(22)25-13-10-18(11-14-25)24-23(26)16-17-12-15-28-21-8-4-2-6-19(17)21/h2-9,17-18H,10-16H2,1H3,(H,24,26). The Bertz CT molecular complexity index is 815. The zero-order valence-electron chi connectivity index (χ0n) is 16.4. The van der Waals surface area contributed by atoms with Crippen molar-refractivity contribution in [1.29, 1.82) is 0 Å². The van der Waals surface area contributed by atoms with Crippen LogP contribution in [0.15, 0.2) is 48.5 Å². The Labute approximate surface area is 166 Å². The van der Waals surface area contributed by atoms with Crippen molar-refractivity contribution in [3.8, 4) is 11.5 Å². The molecule has 0 aromatic heterocycles. The number of carbonyl (C=O) groups is 1. The van der Waals surface area contributed by atoms with Crippen LogP contribution >= 0.6 is 0 Å². The molecule has 4 rings (SSSR count). The SMILES string of the molecule is COc1ccccc1N1CCC(NC(=O)CC2CCOc3ccccc32)CC1. The Kier molecular flexibility index (Phi) is 5.70. The Morgan fingerprint density at radius 3 is 2.68 bits per heavy atom. The molecule has 2 aromatic carbocycles. The minimum absolute atomic E-state index is 0.150. The molecule has 2 heterocycles. The molecule has 5 heteroatoms. The molecule has 1 atom stereocenters. The molecule has 148 valence electrons. The number of rotatable bonds is 5. The fourth-order valence-electron chi connectivity index (χ4n) is 4.29. The van der Waals surface area contributed by atoms with Crippen LogP contribution in [0, 0.1) is 0 Å². The van der Waals surface area contributed by atoms with E-state index in [0.29, 0.717) is 13.0 Å². The van der Waals surface area contributed by atoms with E-state index < -0.39 is 0 Å². The highest BCUT2D eigenvalue weighted by Gasteiger charge is 2.26. The molecule has 1 amide bonds. The highest BCUT2D eigenvalue weighted by molar-refractivity contribution is 5.77. The summed E-state index contributed by atoms with van der Waals surface area (Å²) in [6, 6.07) is 16.4. The van der Waals surface area contributed by atoms with Gasteiger partial charge in [0.05, 0.1) is 19.4 Å². The van der Waals surface area contributed by atoms with Gasteiger partial charge in [0.15, 0.2) is 0 Å². The number of carbonyl (C=O) groups excluding carboxylic acids is 1. The zero-order valence-corrected chi connectivity index (χ0v) is 16.4. The summed E-state index contributed by atoms with van der Waals surface area (Å²) in [4.78, 5) is 15.0. The van der Waals surface area contributed by atoms with E-state index in [0.717, 1.165) is 55.1 Å². The largest absolute Gasteiger partial charge is 0.495 e. The molecular weight excluding hydrogens is 352 g/mol. The third-order valence-electron chi connectivity index (χ3n) is 5.80. The van der Waals surface area contributed by atoms with Crippen molar-refractivity contribution < 1.29 is 14.3 Å². The molecule has 2 aliphatic heterocycles. The van der Waals surface area contributed by atoms with Gasteiger partial charge in [-0.3, -0.25) is 4.79 Å². The summed E-state index contributed by atoms with van der Waals surface area (Å²) in [6.45, 7) is 2.53. The maximum atomic E-state index is 12.7. The second-order valence-electron chi connectivity index (χ2n) is 7.58. The number of nitrogens with zero attached hydrogens (tertiary/aromatic N) is 1. The van der Waals surface area contributed by atoms with Gasteiger partial charge < -0.3 is 19.7 Å². The minimum Gasteiger partial charge on any atom is -0.495 e. The van der Waals surface area contributed by atoms with Gasteiger partial charge in [-0.05, 0) is 48.9 Å². The van der Waals surface area contributed by atoms with E-state index in [2.05, 4.69) is 22.3 Å². The maximum absolute atomic E-state index is 12.7. The van der Waals surface area contributed by atoms with Crippen molar-refractivity contribution in [3.05, 3.63) is 54.1 Å². The minimum atomic E-state index is 0.150.